The Kier molecular flexibility index (Phi) is 4.77. The largest absolute Gasteiger partial charge is 0.478 e. The molecule has 0 radical (unpaired) electrons. The van der Waals surface area contributed by atoms with Gasteiger partial charge >= 0.3 is 5.97 Å². The molecule has 0 unspecified atom stereocenters. The molecule has 1 N–H and O–H groups in total. The van der Waals surface area contributed by atoms with E-state index in [4.69, 9.17) is 28.3 Å². The third-order valence-corrected chi connectivity index (χ3v) is 3.66. The molecule has 0 spiro atoms. The zero-order valence-corrected chi connectivity index (χ0v) is 10.4. The lowest BCUT2D eigenvalue weighted by Gasteiger charge is -2.07. The Balaban J connectivity index is 3.15. The van der Waals surface area contributed by atoms with Gasteiger partial charge in [-0.2, -0.15) is 0 Å². The molecule has 0 heterocycles. The number of carbonyl (C=O) groups is 1. The number of carboxylic acids is 1. The predicted molar refractivity (Wildman–Crippen MR) is 64.4 cm³/mol. The number of halogens is 2. The Labute approximate surface area is 103 Å². The molecular weight excluding hydrogens is 255 g/mol. The minimum Gasteiger partial charge on any atom is -0.478 e. The van der Waals surface area contributed by atoms with E-state index in [0.29, 0.717) is 14.9 Å². The molecule has 1 aromatic carbocycles. The van der Waals surface area contributed by atoms with Crippen LogP contribution in [0.5, 0.6) is 0 Å². The van der Waals surface area contributed by atoms with Gasteiger partial charge in [0.1, 0.15) is 0 Å². The molecule has 0 aliphatic heterocycles. The van der Waals surface area contributed by atoms with E-state index in [1.54, 1.807) is 6.07 Å². The van der Waals surface area contributed by atoms with Crippen molar-refractivity contribution in [3.8, 4) is 0 Å². The van der Waals surface area contributed by atoms with Crippen LogP contribution in [0.15, 0.2) is 17.0 Å². The number of benzene rings is 1. The molecule has 0 aromatic heterocycles. The second-order valence-electron chi connectivity index (χ2n) is 2.92. The van der Waals surface area contributed by atoms with Crippen molar-refractivity contribution in [2.24, 2.45) is 0 Å². The standard InChI is InChI=1S/C10H10Cl2O2S/c1-2-3-15-9-7(10(13)14)4-6(11)5-8(9)12/h4-5H,2-3H2,1H3,(H,13,14). The summed E-state index contributed by atoms with van der Waals surface area (Å²) in [4.78, 5) is 11.6. The second-order valence-corrected chi connectivity index (χ2v) is 4.87. The van der Waals surface area contributed by atoms with Gasteiger partial charge in [0.05, 0.1) is 10.6 Å². The molecule has 0 saturated heterocycles. The quantitative estimate of drug-likeness (QED) is 0.829. The van der Waals surface area contributed by atoms with Crippen LogP contribution in [0.3, 0.4) is 0 Å². The first-order valence-electron chi connectivity index (χ1n) is 4.41. The van der Waals surface area contributed by atoms with Gasteiger partial charge < -0.3 is 5.11 Å². The zero-order valence-electron chi connectivity index (χ0n) is 8.09. The molecule has 0 amide bonds. The van der Waals surface area contributed by atoms with Gasteiger partial charge in [0.2, 0.25) is 0 Å². The van der Waals surface area contributed by atoms with Crippen LogP contribution in [0.2, 0.25) is 10.0 Å². The van der Waals surface area contributed by atoms with E-state index < -0.39 is 5.97 Å². The molecular formula is C10H10Cl2O2S. The Morgan fingerprint density at radius 2 is 2.13 bits per heavy atom. The topological polar surface area (TPSA) is 37.3 Å². The average molecular weight is 265 g/mol. The van der Waals surface area contributed by atoms with E-state index in [2.05, 4.69) is 0 Å². The SMILES string of the molecule is CCCSc1c(Cl)cc(Cl)cc1C(=O)O. The van der Waals surface area contributed by atoms with Gasteiger partial charge in [-0.1, -0.05) is 30.1 Å². The third-order valence-electron chi connectivity index (χ3n) is 1.69. The van der Waals surface area contributed by atoms with Crippen molar-refractivity contribution in [3.63, 3.8) is 0 Å². The smallest absolute Gasteiger partial charge is 0.336 e. The minimum atomic E-state index is -1.00. The van der Waals surface area contributed by atoms with Crippen molar-refractivity contribution in [3.05, 3.63) is 27.7 Å². The van der Waals surface area contributed by atoms with Crippen LogP contribution < -0.4 is 0 Å². The minimum absolute atomic E-state index is 0.172. The van der Waals surface area contributed by atoms with Crippen molar-refractivity contribution in [1.82, 2.24) is 0 Å². The lowest BCUT2D eigenvalue weighted by atomic mass is 10.2. The summed E-state index contributed by atoms with van der Waals surface area (Å²) < 4.78 is 0. The Hall–Kier alpha value is -0.380. The van der Waals surface area contributed by atoms with E-state index in [1.165, 1.54) is 17.8 Å². The highest BCUT2D eigenvalue weighted by molar-refractivity contribution is 7.99. The molecule has 0 saturated carbocycles. The summed E-state index contributed by atoms with van der Waals surface area (Å²) in [5.74, 6) is -0.167. The van der Waals surface area contributed by atoms with Crippen molar-refractivity contribution in [2.45, 2.75) is 18.2 Å². The normalized spacial score (nSPS) is 10.3. The Bertz CT molecular complexity index is 380. The van der Waals surface area contributed by atoms with Crippen molar-refractivity contribution >= 4 is 40.9 Å². The van der Waals surface area contributed by atoms with Crippen LogP contribution in [0.1, 0.15) is 23.7 Å². The highest BCUT2D eigenvalue weighted by atomic mass is 35.5. The van der Waals surface area contributed by atoms with Gasteiger partial charge in [0.15, 0.2) is 0 Å². The Morgan fingerprint density at radius 3 is 2.67 bits per heavy atom. The maximum Gasteiger partial charge on any atom is 0.336 e. The second kappa shape index (κ2) is 5.64. The van der Waals surface area contributed by atoms with E-state index in [-0.39, 0.29) is 5.56 Å². The summed E-state index contributed by atoms with van der Waals surface area (Å²) in [6.45, 7) is 2.03. The lowest BCUT2D eigenvalue weighted by Crippen LogP contribution is -1.99. The molecule has 2 nitrogen and oxygen atoms in total. The molecule has 0 atom stereocenters. The van der Waals surface area contributed by atoms with Gasteiger partial charge in [-0.25, -0.2) is 4.79 Å². The highest BCUT2D eigenvalue weighted by Gasteiger charge is 2.14. The molecule has 1 rings (SSSR count). The summed E-state index contributed by atoms with van der Waals surface area (Å²) in [5, 5.41) is 9.73. The van der Waals surface area contributed by atoms with E-state index in [0.717, 1.165) is 12.2 Å². The first kappa shape index (κ1) is 12.7. The molecule has 1 aromatic rings. The summed E-state index contributed by atoms with van der Waals surface area (Å²) in [6, 6.07) is 2.99. The summed E-state index contributed by atoms with van der Waals surface area (Å²) >= 11 is 13.1. The van der Waals surface area contributed by atoms with Crippen LogP contribution in [0, 0.1) is 0 Å². The molecule has 82 valence electrons. The van der Waals surface area contributed by atoms with Gasteiger partial charge in [-0.05, 0) is 24.3 Å². The van der Waals surface area contributed by atoms with Crippen molar-refractivity contribution < 1.29 is 9.90 Å². The molecule has 0 aliphatic carbocycles. The maximum atomic E-state index is 11.0. The zero-order chi connectivity index (χ0) is 11.4. The fourth-order valence-corrected chi connectivity index (χ4v) is 2.63. The van der Waals surface area contributed by atoms with E-state index in [1.807, 2.05) is 6.92 Å². The monoisotopic (exact) mass is 264 g/mol. The fourth-order valence-electron chi connectivity index (χ4n) is 1.07. The van der Waals surface area contributed by atoms with Crippen LogP contribution in [0.25, 0.3) is 0 Å². The molecule has 0 fully saturated rings. The Morgan fingerprint density at radius 1 is 1.47 bits per heavy atom. The van der Waals surface area contributed by atoms with Crippen molar-refractivity contribution in [1.29, 1.82) is 0 Å². The highest BCUT2D eigenvalue weighted by Crippen LogP contribution is 2.33. The van der Waals surface area contributed by atoms with Gasteiger partial charge in [-0.15, -0.1) is 11.8 Å². The third kappa shape index (κ3) is 3.30. The van der Waals surface area contributed by atoms with Crippen LogP contribution in [0.4, 0.5) is 0 Å². The fraction of sp³-hybridized carbons (Fsp3) is 0.300. The molecule has 0 aliphatic rings. The first-order chi connectivity index (χ1) is 7.06. The summed E-state index contributed by atoms with van der Waals surface area (Å²) in [6.07, 6.45) is 0.961. The van der Waals surface area contributed by atoms with E-state index >= 15 is 0 Å². The van der Waals surface area contributed by atoms with Gasteiger partial charge in [0, 0.05) is 9.92 Å². The van der Waals surface area contributed by atoms with Gasteiger partial charge in [-0.3, -0.25) is 0 Å². The number of hydrogen-bond donors (Lipinski definition) is 1. The molecule has 15 heavy (non-hydrogen) atoms. The van der Waals surface area contributed by atoms with Crippen LogP contribution in [-0.2, 0) is 0 Å². The van der Waals surface area contributed by atoms with Crippen molar-refractivity contribution in [2.75, 3.05) is 5.75 Å². The number of thioether (sulfide) groups is 1. The predicted octanol–water partition coefficient (Wildman–Crippen LogP) is 4.19. The summed E-state index contributed by atoms with van der Waals surface area (Å²) in [7, 11) is 0. The van der Waals surface area contributed by atoms with Crippen LogP contribution in [-0.4, -0.2) is 16.8 Å². The lowest BCUT2D eigenvalue weighted by molar-refractivity contribution is 0.0693. The maximum absolute atomic E-state index is 11.0. The van der Waals surface area contributed by atoms with E-state index in [9.17, 15) is 4.79 Å². The number of rotatable bonds is 4. The number of carboxylic acid groups (broad SMARTS) is 1. The van der Waals surface area contributed by atoms with Crippen LogP contribution >= 0.6 is 35.0 Å². The summed E-state index contributed by atoms with van der Waals surface area (Å²) in [5.41, 5.74) is 0.172. The number of aromatic carboxylic acids is 1. The van der Waals surface area contributed by atoms with Gasteiger partial charge in [0.25, 0.3) is 0 Å². The molecule has 5 heteroatoms. The average Bonchev–Trinajstić information content (AvgIpc) is 2.15. The molecule has 0 bridgehead atoms. The first-order valence-corrected chi connectivity index (χ1v) is 6.15. The number of hydrogen-bond acceptors (Lipinski definition) is 2.